The van der Waals surface area contributed by atoms with Crippen LogP contribution in [0.1, 0.15) is 10.4 Å². The van der Waals surface area contributed by atoms with Gasteiger partial charge in [0.05, 0.1) is 11.8 Å². The Morgan fingerprint density at radius 3 is 2.59 bits per heavy atom. The first-order chi connectivity index (χ1) is 8.08. The summed E-state index contributed by atoms with van der Waals surface area (Å²) in [5, 5.41) is 9.06. The van der Waals surface area contributed by atoms with Gasteiger partial charge >= 0.3 is 5.97 Å². The van der Waals surface area contributed by atoms with E-state index in [2.05, 4.69) is 0 Å². The van der Waals surface area contributed by atoms with Crippen LogP contribution in [0.25, 0.3) is 11.3 Å². The molecule has 88 valence electrons. The van der Waals surface area contributed by atoms with E-state index in [0.29, 0.717) is 5.76 Å². The first-order valence-corrected chi connectivity index (χ1v) is 5.17. The Balaban J connectivity index is 2.56. The number of nitrogens with zero attached hydrogens (tertiary/aromatic N) is 1. The molecule has 0 aliphatic heterocycles. The molecule has 17 heavy (non-hydrogen) atoms. The van der Waals surface area contributed by atoms with Gasteiger partial charge in [-0.1, -0.05) is 0 Å². The molecule has 0 spiro atoms. The normalized spacial score (nSPS) is 10.2. The van der Waals surface area contributed by atoms with Crippen LogP contribution in [0.3, 0.4) is 0 Å². The number of rotatable bonds is 3. The molecule has 4 heteroatoms. The van der Waals surface area contributed by atoms with Crippen LogP contribution in [0, 0.1) is 0 Å². The van der Waals surface area contributed by atoms with Crippen LogP contribution in [-0.4, -0.2) is 25.2 Å². The van der Waals surface area contributed by atoms with Crippen LogP contribution >= 0.6 is 0 Å². The zero-order valence-electron chi connectivity index (χ0n) is 9.68. The third-order valence-corrected chi connectivity index (χ3v) is 2.49. The summed E-state index contributed by atoms with van der Waals surface area (Å²) in [6.45, 7) is 0. The van der Waals surface area contributed by atoms with Gasteiger partial charge in [0.2, 0.25) is 0 Å². The lowest BCUT2D eigenvalue weighted by Crippen LogP contribution is -2.10. The van der Waals surface area contributed by atoms with E-state index in [4.69, 9.17) is 9.52 Å². The number of benzene rings is 1. The topological polar surface area (TPSA) is 53.7 Å². The molecule has 0 saturated heterocycles. The van der Waals surface area contributed by atoms with Crippen molar-refractivity contribution in [3.8, 4) is 11.3 Å². The van der Waals surface area contributed by atoms with Crippen molar-refractivity contribution in [1.29, 1.82) is 0 Å². The predicted molar refractivity (Wildman–Crippen MR) is 65.4 cm³/mol. The van der Waals surface area contributed by atoms with Crippen molar-refractivity contribution in [2.75, 3.05) is 19.0 Å². The zero-order chi connectivity index (χ0) is 12.4. The van der Waals surface area contributed by atoms with Crippen molar-refractivity contribution < 1.29 is 14.3 Å². The van der Waals surface area contributed by atoms with Gasteiger partial charge in [0.15, 0.2) is 0 Å². The summed E-state index contributed by atoms with van der Waals surface area (Å²) >= 11 is 0. The fourth-order valence-electron chi connectivity index (χ4n) is 1.58. The minimum Gasteiger partial charge on any atom is -0.478 e. The highest BCUT2D eigenvalue weighted by atomic mass is 16.4. The van der Waals surface area contributed by atoms with Gasteiger partial charge in [0, 0.05) is 25.3 Å². The average molecular weight is 231 g/mol. The second-order valence-corrected chi connectivity index (χ2v) is 3.95. The first-order valence-electron chi connectivity index (χ1n) is 5.17. The first kappa shape index (κ1) is 11.3. The SMILES string of the molecule is CN(C)c1cc(C(=O)O)cc(-c2ccco2)c1. The number of carbonyl (C=O) groups is 1. The molecule has 0 fully saturated rings. The molecule has 1 aromatic heterocycles. The third kappa shape index (κ3) is 2.30. The van der Waals surface area contributed by atoms with E-state index < -0.39 is 5.97 Å². The number of hydrogen-bond acceptors (Lipinski definition) is 3. The summed E-state index contributed by atoms with van der Waals surface area (Å²) in [4.78, 5) is 12.9. The van der Waals surface area contributed by atoms with Gasteiger partial charge in [0.25, 0.3) is 0 Å². The molecule has 1 heterocycles. The monoisotopic (exact) mass is 231 g/mol. The molecule has 4 nitrogen and oxygen atoms in total. The molecule has 0 aliphatic carbocycles. The Kier molecular flexibility index (Phi) is 2.87. The van der Waals surface area contributed by atoms with Crippen LogP contribution in [0.4, 0.5) is 5.69 Å². The minimum atomic E-state index is -0.943. The lowest BCUT2D eigenvalue weighted by molar-refractivity contribution is 0.0697. The molecule has 0 amide bonds. The summed E-state index contributed by atoms with van der Waals surface area (Å²) in [5.74, 6) is -0.280. The summed E-state index contributed by atoms with van der Waals surface area (Å²) < 4.78 is 5.28. The summed E-state index contributed by atoms with van der Waals surface area (Å²) in [5.41, 5.74) is 1.84. The summed E-state index contributed by atoms with van der Waals surface area (Å²) in [7, 11) is 3.74. The van der Waals surface area contributed by atoms with E-state index in [0.717, 1.165) is 11.3 Å². The molecule has 0 saturated carbocycles. The Morgan fingerprint density at radius 1 is 1.29 bits per heavy atom. The largest absolute Gasteiger partial charge is 0.478 e. The number of hydrogen-bond donors (Lipinski definition) is 1. The maximum absolute atomic E-state index is 11.0. The standard InChI is InChI=1S/C13H13NO3/c1-14(2)11-7-9(12-4-3-5-17-12)6-10(8-11)13(15)16/h3-8H,1-2H3,(H,15,16). The summed E-state index contributed by atoms with van der Waals surface area (Å²) in [6, 6.07) is 8.72. The van der Waals surface area contributed by atoms with Crippen molar-refractivity contribution >= 4 is 11.7 Å². The Labute approximate surface area is 99.1 Å². The van der Waals surface area contributed by atoms with Crippen LogP contribution < -0.4 is 4.90 Å². The van der Waals surface area contributed by atoms with E-state index in [1.165, 1.54) is 0 Å². The molecule has 2 rings (SSSR count). The highest BCUT2D eigenvalue weighted by Crippen LogP contribution is 2.26. The zero-order valence-corrected chi connectivity index (χ0v) is 9.68. The van der Waals surface area contributed by atoms with Crippen LogP contribution in [0.2, 0.25) is 0 Å². The van der Waals surface area contributed by atoms with Crippen LogP contribution in [-0.2, 0) is 0 Å². The van der Waals surface area contributed by atoms with Crippen molar-refractivity contribution in [2.24, 2.45) is 0 Å². The maximum atomic E-state index is 11.0. The quantitative estimate of drug-likeness (QED) is 0.882. The lowest BCUT2D eigenvalue weighted by Gasteiger charge is -2.14. The number of furan rings is 1. The average Bonchev–Trinajstić information content (AvgIpc) is 2.81. The van der Waals surface area contributed by atoms with E-state index in [1.807, 2.05) is 25.1 Å². The van der Waals surface area contributed by atoms with Gasteiger partial charge in [-0.3, -0.25) is 0 Å². The highest BCUT2D eigenvalue weighted by molar-refractivity contribution is 5.91. The van der Waals surface area contributed by atoms with Crippen molar-refractivity contribution in [3.63, 3.8) is 0 Å². The highest BCUT2D eigenvalue weighted by Gasteiger charge is 2.10. The molecule has 1 aromatic carbocycles. The van der Waals surface area contributed by atoms with E-state index in [9.17, 15) is 4.79 Å². The van der Waals surface area contributed by atoms with E-state index in [-0.39, 0.29) is 5.56 Å². The number of carboxylic acids is 1. The van der Waals surface area contributed by atoms with Crippen molar-refractivity contribution in [2.45, 2.75) is 0 Å². The molecule has 0 aliphatic rings. The molecular weight excluding hydrogens is 218 g/mol. The second kappa shape index (κ2) is 4.33. The number of aromatic carboxylic acids is 1. The molecule has 0 bridgehead atoms. The van der Waals surface area contributed by atoms with Gasteiger partial charge in [-0.25, -0.2) is 4.79 Å². The molecule has 2 aromatic rings. The van der Waals surface area contributed by atoms with Crippen molar-refractivity contribution in [3.05, 3.63) is 42.2 Å². The molecular formula is C13H13NO3. The van der Waals surface area contributed by atoms with E-state index >= 15 is 0 Å². The summed E-state index contributed by atoms with van der Waals surface area (Å²) in [6.07, 6.45) is 1.57. The number of carboxylic acid groups (broad SMARTS) is 1. The molecule has 0 radical (unpaired) electrons. The van der Waals surface area contributed by atoms with Gasteiger partial charge in [0.1, 0.15) is 5.76 Å². The Morgan fingerprint density at radius 2 is 2.06 bits per heavy atom. The van der Waals surface area contributed by atoms with Gasteiger partial charge in [-0.15, -0.1) is 0 Å². The lowest BCUT2D eigenvalue weighted by atomic mass is 10.1. The molecule has 1 N–H and O–H groups in total. The Hall–Kier alpha value is -2.23. The second-order valence-electron chi connectivity index (χ2n) is 3.95. The van der Waals surface area contributed by atoms with Gasteiger partial charge in [-0.2, -0.15) is 0 Å². The van der Waals surface area contributed by atoms with Crippen LogP contribution in [0.15, 0.2) is 41.0 Å². The molecule has 0 unspecified atom stereocenters. The van der Waals surface area contributed by atoms with Gasteiger partial charge in [-0.05, 0) is 30.3 Å². The van der Waals surface area contributed by atoms with Crippen LogP contribution in [0.5, 0.6) is 0 Å². The molecule has 0 atom stereocenters. The fourth-order valence-corrected chi connectivity index (χ4v) is 1.58. The maximum Gasteiger partial charge on any atom is 0.335 e. The van der Waals surface area contributed by atoms with E-state index in [1.54, 1.807) is 30.5 Å². The third-order valence-electron chi connectivity index (χ3n) is 2.49. The predicted octanol–water partition coefficient (Wildman–Crippen LogP) is 2.71. The minimum absolute atomic E-state index is 0.252. The fraction of sp³-hybridized carbons (Fsp3) is 0.154. The smallest absolute Gasteiger partial charge is 0.335 e. The number of anilines is 1. The Bertz CT molecular complexity index is 530. The van der Waals surface area contributed by atoms with Crippen molar-refractivity contribution in [1.82, 2.24) is 0 Å². The van der Waals surface area contributed by atoms with Gasteiger partial charge < -0.3 is 14.4 Å².